The van der Waals surface area contributed by atoms with Crippen molar-refractivity contribution in [2.24, 2.45) is 5.92 Å². The lowest BCUT2D eigenvalue weighted by atomic mass is 9.77. The Morgan fingerprint density at radius 1 is 0.925 bits per heavy atom. The third kappa shape index (κ3) is 5.01. The molecule has 0 bridgehead atoms. The number of allylic oxidation sites excluding steroid dienone is 2. The number of para-hydroxylation sites is 1. The molecule has 4 aromatic rings. The lowest BCUT2D eigenvalue weighted by molar-refractivity contribution is -0.384. The molecule has 0 unspecified atom stereocenters. The van der Waals surface area contributed by atoms with Crippen LogP contribution in [0.3, 0.4) is 0 Å². The van der Waals surface area contributed by atoms with Crippen molar-refractivity contribution in [3.8, 4) is 11.5 Å². The number of nitro benzene ring substituents is 1. The van der Waals surface area contributed by atoms with Gasteiger partial charge in [0.25, 0.3) is 15.7 Å². The highest BCUT2D eigenvalue weighted by atomic mass is 35.5. The average molecular weight is 574 g/mol. The van der Waals surface area contributed by atoms with Crippen molar-refractivity contribution in [2.45, 2.75) is 23.3 Å². The molecule has 1 heterocycles. The number of anilines is 2. The lowest BCUT2D eigenvalue weighted by Gasteiger charge is -2.38. The zero-order valence-corrected chi connectivity index (χ0v) is 22.6. The molecule has 4 aromatic carbocycles. The van der Waals surface area contributed by atoms with Crippen molar-refractivity contribution < 1.29 is 18.1 Å². The number of sulfonamides is 1. The molecule has 0 saturated heterocycles. The van der Waals surface area contributed by atoms with Gasteiger partial charge in [-0.25, -0.2) is 8.42 Å². The quantitative estimate of drug-likeness (QED) is 0.133. The number of non-ortho nitro benzene ring substituents is 1. The molecule has 202 valence electrons. The molecule has 40 heavy (non-hydrogen) atoms. The monoisotopic (exact) mass is 573 g/mol. The highest BCUT2D eigenvalue weighted by Gasteiger charge is 2.39. The molecule has 2 N–H and O–H groups in total. The largest absolute Gasteiger partial charge is 0.457 e. The normalized spacial score (nSPS) is 19.3. The van der Waals surface area contributed by atoms with E-state index in [9.17, 15) is 18.5 Å². The first-order chi connectivity index (χ1) is 19.3. The summed E-state index contributed by atoms with van der Waals surface area (Å²) in [5, 5.41) is 15.3. The van der Waals surface area contributed by atoms with E-state index in [2.05, 4.69) is 22.2 Å². The van der Waals surface area contributed by atoms with E-state index in [0.29, 0.717) is 27.8 Å². The predicted octanol–water partition coefficient (Wildman–Crippen LogP) is 7.67. The minimum Gasteiger partial charge on any atom is -0.457 e. The van der Waals surface area contributed by atoms with E-state index >= 15 is 0 Å². The smallest absolute Gasteiger partial charge is 0.269 e. The third-order valence-corrected chi connectivity index (χ3v) is 8.98. The molecule has 6 rings (SSSR count). The number of ether oxygens (including phenoxy) is 1. The van der Waals surface area contributed by atoms with Gasteiger partial charge in [-0.1, -0.05) is 42.0 Å². The van der Waals surface area contributed by atoms with Gasteiger partial charge < -0.3 is 10.1 Å². The Balaban J connectivity index is 1.25. The summed E-state index contributed by atoms with van der Waals surface area (Å²) in [6.07, 6.45) is 4.86. The van der Waals surface area contributed by atoms with Crippen LogP contribution in [0.1, 0.15) is 29.5 Å². The Morgan fingerprint density at radius 3 is 2.42 bits per heavy atom. The van der Waals surface area contributed by atoms with Crippen LogP contribution < -0.4 is 14.8 Å². The summed E-state index contributed by atoms with van der Waals surface area (Å²) in [7, 11) is -3.87. The Bertz CT molecular complexity index is 1730. The molecule has 1 aliphatic carbocycles. The van der Waals surface area contributed by atoms with Crippen LogP contribution in [0.5, 0.6) is 11.5 Å². The molecular formula is C30H24ClN3O5S. The van der Waals surface area contributed by atoms with Crippen LogP contribution in [-0.4, -0.2) is 13.3 Å². The van der Waals surface area contributed by atoms with E-state index in [1.165, 1.54) is 12.1 Å². The first-order valence-electron chi connectivity index (χ1n) is 12.7. The number of nitro groups is 1. The maximum atomic E-state index is 13.3. The molecule has 8 nitrogen and oxygen atoms in total. The van der Waals surface area contributed by atoms with Crippen LogP contribution in [0, 0.1) is 16.0 Å². The summed E-state index contributed by atoms with van der Waals surface area (Å²) in [4.78, 5) is 11.1. The minimum atomic E-state index is -3.87. The van der Waals surface area contributed by atoms with Crippen molar-refractivity contribution in [1.82, 2.24) is 0 Å². The van der Waals surface area contributed by atoms with Gasteiger partial charge in [0.1, 0.15) is 11.5 Å². The molecule has 2 aliphatic rings. The fourth-order valence-corrected chi connectivity index (χ4v) is 6.69. The number of fused-ring (bicyclic) bond motifs is 3. The second kappa shape index (κ2) is 10.3. The van der Waals surface area contributed by atoms with Gasteiger partial charge in [-0.3, -0.25) is 14.8 Å². The molecule has 0 fully saturated rings. The van der Waals surface area contributed by atoms with E-state index in [0.717, 1.165) is 17.7 Å². The fraction of sp³-hybridized carbons (Fsp3) is 0.133. The van der Waals surface area contributed by atoms with Crippen molar-refractivity contribution in [3.05, 3.63) is 129 Å². The van der Waals surface area contributed by atoms with Crippen molar-refractivity contribution in [3.63, 3.8) is 0 Å². The van der Waals surface area contributed by atoms with Crippen LogP contribution >= 0.6 is 11.6 Å². The molecule has 1 aliphatic heterocycles. The zero-order chi connectivity index (χ0) is 27.9. The highest BCUT2D eigenvalue weighted by molar-refractivity contribution is 7.92. The van der Waals surface area contributed by atoms with Crippen LogP contribution in [0.15, 0.2) is 108 Å². The zero-order valence-electron chi connectivity index (χ0n) is 21.0. The van der Waals surface area contributed by atoms with E-state index < -0.39 is 14.9 Å². The number of halogens is 1. The third-order valence-electron chi connectivity index (χ3n) is 7.26. The van der Waals surface area contributed by atoms with Crippen molar-refractivity contribution in [2.75, 3.05) is 10.0 Å². The molecular weight excluding hydrogens is 550 g/mol. The second-order valence-electron chi connectivity index (χ2n) is 9.73. The molecule has 0 amide bonds. The van der Waals surface area contributed by atoms with E-state index in [-0.39, 0.29) is 28.5 Å². The molecule has 3 atom stereocenters. The predicted molar refractivity (Wildman–Crippen MR) is 155 cm³/mol. The fourth-order valence-electron chi connectivity index (χ4n) is 5.36. The maximum absolute atomic E-state index is 13.3. The number of hydrogen-bond acceptors (Lipinski definition) is 6. The van der Waals surface area contributed by atoms with Gasteiger partial charge in [-0.2, -0.15) is 0 Å². The highest BCUT2D eigenvalue weighted by Crippen LogP contribution is 2.51. The van der Waals surface area contributed by atoms with Gasteiger partial charge >= 0.3 is 0 Å². The van der Waals surface area contributed by atoms with Gasteiger partial charge in [-0.15, -0.1) is 0 Å². The number of hydrogen-bond donors (Lipinski definition) is 2. The summed E-state index contributed by atoms with van der Waals surface area (Å²) in [6.45, 7) is 0. The SMILES string of the molecule is O=[N+]([O-])c1ccc(Cl)c([C@H]2Nc3ccc(S(=O)(=O)Nc4ccc(Oc5ccccc5)cc4)cc3[C@H]3C=CC[C@H]32)c1. The summed E-state index contributed by atoms with van der Waals surface area (Å²) >= 11 is 6.49. The summed E-state index contributed by atoms with van der Waals surface area (Å²) in [5.41, 5.74) is 2.66. The van der Waals surface area contributed by atoms with E-state index in [1.807, 2.05) is 30.3 Å². The summed E-state index contributed by atoms with van der Waals surface area (Å²) in [6, 6.07) is 25.2. The van der Waals surface area contributed by atoms with E-state index in [4.69, 9.17) is 16.3 Å². The second-order valence-corrected chi connectivity index (χ2v) is 11.8. The van der Waals surface area contributed by atoms with Gasteiger partial charge in [0.2, 0.25) is 0 Å². The molecule has 0 spiro atoms. The first-order valence-corrected chi connectivity index (χ1v) is 14.5. The Labute approximate surface area is 236 Å². The van der Waals surface area contributed by atoms with Gasteiger partial charge in [-0.05, 0) is 78.6 Å². The van der Waals surface area contributed by atoms with Crippen LogP contribution in [0.2, 0.25) is 5.02 Å². The first kappa shape index (κ1) is 25.9. The van der Waals surface area contributed by atoms with Crippen LogP contribution in [0.4, 0.5) is 17.1 Å². The lowest BCUT2D eigenvalue weighted by Crippen LogP contribution is -2.29. The van der Waals surface area contributed by atoms with Crippen molar-refractivity contribution >= 4 is 38.7 Å². The van der Waals surface area contributed by atoms with Gasteiger partial charge in [0.05, 0.1) is 15.9 Å². The Hall–Kier alpha value is -4.34. The number of benzene rings is 4. The molecule has 0 aromatic heterocycles. The van der Waals surface area contributed by atoms with Gasteiger partial charge in [0.15, 0.2) is 0 Å². The van der Waals surface area contributed by atoms with Gasteiger partial charge in [0, 0.05) is 40.0 Å². The Morgan fingerprint density at radius 2 is 1.68 bits per heavy atom. The Kier molecular flexibility index (Phi) is 6.69. The number of rotatable bonds is 7. The number of nitrogens with zero attached hydrogens (tertiary/aromatic N) is 1. The summed E-state index contributed by atoms with van der Waals surface area (Å²) < 4.78 is 35.1. The maximum Gasteiger partial charge on any atom is 0.269 e. The van der Waals surface area contributed by atoms with E-state index in [1.54, 1.807) is 48.5 Å². The minimum absolute atomic E-state index is 0.0232. The standard InChI is InChI=1S/C30H24ClN3O5S/c31-28-15-11-20(34(35)36)17-27(28)30-25-8-4-7-24(25)26-18-23(14-16-29(26)32-30)40(37,38)33-19-9-12-22(13-10-19)39-21-5-2-1-3-6-21/h1-7,9-18,24-25,30,32-33H,8H2/t24-,25+,30-/m0/s1. The molecule has 10 heteroatoms. The van der Waals surface area contributed by atoms with Crippen molar-refractivity contribution in [1.29, 1.82) is 0 Å². The van der Waals surface area contributed by atoms with Crippen LogP contribution in [0.25, 0.3) is 0 Å². The van der Waals surface area contributed by atoms with Crippen LogP contribution in [-0.2, 0) is 10.0 Å². The number of nitrogens with one attached hydrogen (secondary N) is 2. The molecule has 0 saturated carbocycles. The molecule has 0 radical (unpaired) electrons. The topological polar surface area (TPSA) is 111 Å². The summed E-state index contributed by atoms with van der Waals surface area (Å²) in [5.74, 6) is 1.23. The average Bonchev–Trinajstić information content (AvgIpc) is 3.45.